The number of halogens is 1. The molecule has 0 aromatic carbocycles. The average Bonchev–Trinajstić information content (AvgIpc) is 3.27. The number of hydrogen-bond acceptors (Lipinski definition) is 6. The number of aryl methyl sites for hydroxylation is 1. The van der Waals surface area contributed by atoms with Crippen molar-refractivity contribution >= 4 is 28.9 Å². The van der Waals surface area contributed by atoms with Crippen molar-refractivity contribution in [2.24, 2.45) is 11.8 Å². The summed E-state index contributed by atoms with van der Waals surface area (Å²) in [6.45, 7) is 1.77. The van der Waals surface area contributed by atoms with Gasteiger partial charge in [-0.1, -0.05) is 25.0 Å². The van der Waals surface area contributed by atoms with Crippen molar-refractivity contribution < 1.29 is 24.9 Å². The molecule has 1 fully saturated rings. The third-order valence-electron chi connectivity index (χ3n) is 5.81. The normalized spacial score (nSPS) is 26.2. The van der Waals surface area contributed by atoms with Gasteiger partial charge in [-0.05, 0) is 63.5 Å². The third kappa shape index (κ3) is 7.97. The van der Waals surface area contributed by atoms with Crippen molar-refractivity contribution in [3.05, 3.63) is 34.0 Å². The fourth-order valence-corrected chi connectivity index (χ4v) is 5.56. The van der Waals surface area contributed by atoms with E-state index in [-0.39, 0.29) is 29.3 Å². The SMILES string of the molecule is COC(=O)c1ccc(CCC[C@@H]2[C@@H](/C=C/[C@H](O)CCCC[C@@H](C)O)[C@H](O)C[C@H]2Cl)s1. The predicted octanol–water partition coefficient (Wildman–Crippen LogP) is 4.32. The molecule has 5 nitrogen and oxygen atoms in total. The van der Waals surface area contributed by atoms with E-state index in [1.165, 1.54) is 18.4 Å². The second-order valence-corrected chi connectivity index (χ2v) is 10.0. The van der Waals surface area contributed by atoms with Gasteiger partial charge in [-0.25, -0.2) is 4.79 Å². The molecule has 1 aromatic rings. The topological polar surface area (TPSA) is 87.0 Å². The van der Waals surface area contributed by atoms with Crippen LogP contribution in [0.2, 0.25) is 0 Å². The van der Waals surface area contributed by atoms with Gasteiger partial charge in [-0.3, -0.25) is 0 Å². The third-order valence-corrected chi connectivity index (χ3v) is 7.43. The number of ether oxygens (including phenoxy) is 1. The Labute approximate surface area is 188 Å². The summed E-state index contributed by atoms with van der Waals surface area (Å²) in [5.74, 6) is -0.186. The molecule has 2 rings (SSSR count). The first-order valence-corrected chi connectivity index (χ1v) is 12.1. The van der Waals surface area contributed by atoms with Gasteiger partial charge >= 0.3 is 5.97 Å². The van der Waals surface area contributed by atoms with E-state index < -0.39 is 12.2 Å². The van der Waals surface area contributed by atoms with Crippen molar-refractivity contribution in [3.63, 3.8) is 0 Å². The smallest absolute Gasteiger partial charge is 0.348 e. The van der Waals surface area contributed by atoms with Gasteiger partial charge in [0.05, 0.1) is 25.4 Å². The number of methoxy groups -OCH3 is 1. The number of esters is 1. The Hall–Kier alpha value is -0.920. The number of aliphatic hydroxyl groups is 3. The van der Waals surface area contributed by atoms with Gasteiger partial charge in [0.2, 0.25) is 0 Å². The standard InChI is InChI=1S/C23H35ClO5S/c1-15(25)6-3-4-7-16(26)10-12-19-18(20(24)14-21(19)27)9-5-8-17-11-13-22(30-17)23(28)29-2/h10-13,15-16,18-21,25-27H,3-9,14H2,1-2H3/b12-10+/t15-,16-,18-,19-,20-,21-/m1/s1. The number of alkyl halides is 1. The molecule has 170 valence electrons. The Morgan fingerprint density at radius 1 is 1.30 bits per heavy atom. The number of thiophene rings is 1. The zero-order valence-electron chi connectivity index (χ0n) is 17.9. The summed E-state index contributed by atoms with van der Waals surface area (Å²) in [5.41, 5.74) is 0. The maximum Gasteiger partial charge on any atom is 0.348 e. The minimum absolute atomic E-state index is 0.0476. The number of carbonyl (C=O) groups is 1. The highest BCUT2D eigenvalue weighted by Gasteiger charge is 2.39. The molecule has 0 unspecified atom stereocenters. The first kappa shape index (κ1) is 25.3. The quantitative estimate of drug-likeness (QED) is 0.188. The molecule has 1 saturated carbocycles. The molecule has 6 atom stereocenters. The second-order valence-electron chi connectivity index (χ2n) is 8.30. The molecule has 0 radical (unpaired) electrons. The highest BCUT2D eigenvalue weighted by Crippen LogP contribution is 2.40. The first-order chi connectivity index (χ1) is 14.3. The average molecular weight is 459 g/mol. The summed E-state index contributed by atoms with van der Waals surface area (Å²) in [5, 5.41) is 29.9. The van der Waals surface area contributed by atoms with E-state index in [0.717, 1.165) is 43.4 Å². The van der Waals surface area contributed by atoms with Crippen molar-refractivity contribution in [1.29, 1.82) is 0 Å². The van der Waals surface area contributed by atoms with Crippen molar-refractivity contribution in [3.8, 4) is 0 Å². The first-order valence-electron chi connectivity index (χ1n) is 10.9. The maximum atomic E-state index is 11.6. The highest BCUT2D eigenvalue weighted by atomic mass is 35.5. The zero-order valence-corrected chi connectivity index (χ0v) is 19.4. The fraction of sp³-hybridized carbons (Fsp3) is 0.696. The largest absolute Gasteiger partial charge is 0.465 e. The van der Waals surface area contributed by atoms with Gasteiger partial charge in [0.15, 0.2) is 0 Å². The molecule has 30 heavy (non-hydrogen) atoms. The maximum absolute atomic E-state index is 11.6. The summed E-state index contributed by atoms with van der Waals surface area (Å²) in [7, 11) is 1.38. The summed E-state index contributed by atoms with van der Waals surface area (Å²) in [6.07, 6.45) is 8.81. The highest BCUT2D eigenvalue weighted by molar-refractivity contribution is 7.13. The minimum Gasteiger partial charge on any atom is -0.465 e. The van der Waals surface area contributed by atoms with Crippen LogP contribution in [0.15, 0.2) is 24.3 Å². The van der Waals surface area contributed by atoms with Crippen LogP contribution in [-0.2, 0) is 11.2 Å². The lowest BCUT2D eigenvalue weighted by atomic mass is 9.89. The van der Waals surface area contributed by atoms with Gasteiger partial charge in [-0.2, -0.15) is 0 Å². The molecule has 1 heterocycles. The van der Waals surface area contributed by atoms with E-state index >= 15 is 0 Å². The van der Waals surface area contributed by atoms with Crippen LogP contribution in [0.1, 0.15) is 66.4 Å². The van der Waals surface area contributed by atoms with Gasteiger partial charge in [0.25, 0.3) is 0 Å². The van der Waals surface area contributed by atoms with E-state index in [1.54, 1.807) is 19.1 Å². The fourth-order valence-electron chi connectivity index (χ4n) is 4.11. The monoisotopic (exact) mass is 458 g/mol. The Kier molecular flexibility index (Phi) is 10.8. The van der Waals surface area contributed by atoms with Crippen molar-refractivity contribution in [2.75, 3.05) is 7.11 Å². The summed E-state index contributed by atoms with van der Waals surface area (Å²) in [4.78, 5) is 13.3. The minimum atomic E-state index is -0.538. The zero-order chi connectivity index (χ0) is 22.1. The molecule has 0 bridgehead atoms. The molecule has 1 aliphatic carbocycles. The summed E-state index contributed by atoms with van der Waals surface area (Å²) >= 11 is 7.98. The molecular weight excluding hydrogens is 424 g/mol. The van der Waals surface area contributed by atoms with Crippen LogP contribution < -0.4 is 0 Å². The molecule has 0 amide bonds. The molecule has 0 aliphatic heterocycles. The van der Waals surface area contributed by atoms with Gasteiger partial charge in [-0.15, -0.1) is 22.9 Å². The molecule has 1 aliphatic rings. The summed E-state index contributed by atoms with van der Waals surface area (Å²) < 4.78 is 4.75. The Morgan fingerprint density at radius 2 is 2.03 bits per heavy atom. The lowest BCUT2D eigenvalue weighted by Crippen LogP contribution is -2.19. The van der Waals surface area contributed by atoms with Gasteiger partial charge in [0, 0.05) is 16.2 Å². The lowest BCUT2D eigenvalue weighted by molar-refractivity contribution is 0.0606. The van der Waals surface area contributed by atoms with E-state index in [9.17, 15) is 20.1 Å². The number of rotatable bonds is 12. The van der Waals surface area contributed by atoms with Crippen molar-refractivity contribution in [2.45, 2.75) is 82.0 Å². The van der Waals surface area contributed by atoms with Gasteiger partial charge < -0.3 is 20.1 Å². The molecule has 0 spiro atoms. The van der Waals surface area contributed by atoms with Crippen LogP contribution in [0.5, 0.6) is 0 Å². The van der Waals surface area contributed by atoms with Crippen LogP contribution in [0.4, 0.5) is 0 Å². The predicted molar refractivity (Wildman–Crippen MR) is 121 cm³/mol. The number of carbonyl (C=O) groups excluding carboxylic acids is 1. The van der Waals surface area contributed by atoms with E-state index in [4.69, 9.17) is 16.3 Å². The number of aliphatic hydroxyl groups excluding tert-OH is 3. The van der Waals surface area contributed by atoms with Crippen molar-refractivity contribution in [1.82, 2.24) is 0 Å². The molecular formula is C23H35ClO5S. The molecule has 7 heteroatoms. The molecule has 3 N–H and O–H groups in total. The Bertz CT molecular complexity index is 674. The van der Waals surface area contributed by atoms with Crippen LogP contribution in [-0.4, -0.2) is 52.1 Å². The van der Waals surface area contributed by atoms with E-state index in [1.807, 2.05) is 12.1 Å². The summed E-state index contributed by atoms with van der Waals surface area (Å²) in [6, 6.07) is 3.76. The van der Waals surface area contributed by atoms with E-state index in [0.29, 0.717) is 17.7 Å². The van der Waals surface area contributed by atoms with Gasteiger partial charge in [0.1, 0.15) is 4.88 Å². The van der Waals surface area contributed by atoms with E-state index in [2.05, 4.69) is 0 Å². The molecule has 0 saturated heterocycles. The second kappa shape index (κ2) is 12.8. The van der Waals surface area contributed by atoms with Crippen LogP contribution in [0.3, 0.4) is 0 Å². The number of hydrogen-bond donors (Lipinski definition) is 3. The Balaban J connectivity index is 1.82. The molecule has 1 aromatic heterocycles. The Morgan fingerprint density at radius 3 is 2.73 bits per heavy atom. The van der Waals surface area contributed by atoms with Crippen LogP contribution >= 0.6 is 22.9 Å². The lowest BCUT2D eigenvalue weighted by Gasteiger charge is -2.21. The van der Waals surface area contributed by atoms with Crippen LogP contribution in [0, 0.1) is 11.8 Å². The van der Waals surface area contributed by atoms with Crippen LogP contribution in [0.25, 0.3) is 0 Å². The number of unbranched alkanes of at least 4 members (excludes halogenated alkanes) is 1.